The molecule has 2 aromatic carbocycles. The van der Waals surface area contributed by atoms with Crippen molar-refractivity contribution in [3.05, 3.63) is 83.6 Å². The number of carbonyl (C=O) groups is 1. The maximum atomic E-state index is 12.5. The molecule has 0 spiro atoms. The lowest BCUT2D eigenvalue weighted by molar-refractivity contribution is -0.144. The van der Waals surface area contributed by atoms with Crippen LogP contribution in [0.25, 0.3) is 0 Å². The predicted octanol–water partition coefficient (Wildman–Crippen LogP) is 4.04. The van der Waals surface area contributed by atoms with Crippen LogP contribution in [0.3, 0.4) is 0 Å². The Bertz CT molecular complexity index is 664. The monoisotopic (exact) mass is 293 g/mol. The second kappa shape index (κ2) is 6.48. The Kier molecular flexibility index (Phi) is 4.24. The number of amides is 1. The minimum absolute atomic E-state index is 0.000746. The van der Waals surface area contributed by atoms with Gasteiger partial charge in [0.2, 0.25) is 6.23 Å². The molecule has 3 nitrogen and oxygen atoms in total. The van der Waals surface area contributed by atoms with Crippen LogP contribution in [0, 0.1) is 0 Å². The minimum atomic E-state index is -0.367. The lowest BCUT2D eigenvalue weighted by atomic mass is 10.1. The summed E-state index contributed by atoms with van der Waals surface area (Å²) in [6.45, 7) is 2.53. The molecule has 1 aliphatic heterocycles. The van der Waals surface area contributed by atoms with Gasteiger partial charge < -0.3 is 4.74 Å². The Balaban J connectivity index is 1.93. The van der Waals surface area contributed by atoms with Gasteiger partial charge in [-0.15, -0.1) is 0 Å². The molecule has 0 fully saturated rings. The number of allylic oxidation sites excluding steroid dienone is 1. The molecule has 1 amide bonds. The van der Waals surface area contributed by atoms with Crippen molar-refractivity contribution in [2.75, 3.05) is 0 Å². The van der Waals surface area contributed by atoms with Crippen LogP contribution in [0.15, 0.2) is 72.5 Å². The summed E-state index contributed by atoms with van der Waals surface area (Å²) in [4.78, 5) is 14.3. The van der Waals surface area contributed by atoms with Crippen LogP contribution in [0.5, 0.6) is 0 Å². The van der Waals surface area contributed by atoms with Gasteiger partial charge in [0.1, 0.15) is 5.76 Å². The molecule has 0 aromatic heterocycles. The third kappa shape index (κ3) is 3.03. The number of ether oxygens (including phenoxy) is 1. The largest absolute Gasteiger partial charge is 0.470 e. The van der Waals surface area contributed by atoms with Gasteiger partial charge in [-0.2, -0.15) is 0 Å². The first kappa shape index (κ1) is 14.4. The fraction of sp³-hybridized carbons (Fsp3) is 0.211. The summed E-state index contributed by atoms with van der Waals surface area (Å²) < 4.78 is 6.04. The van der Waals surface area contributed by atoms with Gasteiger partial charge in [0, 0.05) is 24.6 Å². The van der Waals surface area contributed by atoms with E-state index in [1.54, 1.807) is 11.0 Å². The van der Waals surface area contributed by atoms with Gasteiger partial charge in [-0.25, -0.2) is 0 Å². The number of hydrogen-bond acceptors (Lipinski definition) is 2. The molecule has 3 rings (SSSR count). The van der Waals surface area contributed by atoms with Crippen molar-refractivity contribution in [3.8, 4) is 0 Å². The molecule has 0 radical (unpaired) electrons. The highest BCUT2D eigenvalue weighted by Crippen LogP contribution is 2.31. The first-order valence-corrected chi connectivity index (χ1v) is 7.54. The molecule has 1 aliphatic rings. The molecule has 112 valence electrons. The smallest absolute Gasteiger partial charge is 0.253 e. The van der Waals surface area contributed by atoms with E-state index in [0.717, 1.165) is 16.9 Å². The summed E-state index contributed by atoms with van der Waals surface area (Å²) in [7, 11) is 0. The van der Waals surface area contributed by atoms with E-state index in [-0.39, 0.29) is 12.1 Å². The van der Waals surface area contributed by atoms with E-state index in [1.165, 1.54) is 0 Å². The molecule has 0 saturated heterocycles. The van der Waals surface area contributed by atoms with Gasteiger partial charge in [0.05, 0.1) is 0 Å². The van der Waals surface area contributed by atoms with E-state index in [0.29, 0.717) is 13.0 Å². The van der Waals surface area contributed by atoms with Gasteiger partial charge >= 0.3 is 0 Å². The van der Waals surface area contributed by atoms with Crippen LogP contribution < -0.4 is 0 Å². The first-order chi connectivity index (χ1) is 10.8. The molecular weight excluding hydrogens is 274 g/mol. The lowest BCUT2D eigenvalue weighted by Crippen LogP contribution is -2.38. The summed E-state index contributed by atoms with van der Waals surface area (Å²) in [5.74, 6) is 0.740. The summed E-state index contributed by atoms with van der Waals surface area (Å²) >= 11 is 0. The normalized spacial score (nSPS) is 17.9. The van der Waals surface area contributed by atoms with Gasteiger partial charge in [0.25, 0.3) is 5.91 Å². The predicted molar refractivity (Wildman–Crippen MR) is 85.6 cm³/mol. The minimum Gasteiger partial charge on any atom is -0.470 e. The zero-order valence-electron chi connectivity index (χ0n) is 12.6. The Morgan fingerprint density at radius 3 is 2.27 bits per heavy atom. The molecule has 22 heavy (non-hydrogen) atoms. The maximum absolute atomic E-state index is 12.5. The molecule has 1 atom stereocenters. The number of rotatable bonds is 4. The summed E-state index contributed by atoms with van der Waals surface area (Å²) in [5, 5.41) is 0. The van der Waals surface area contributed by atoms with Crippen LogP contribution in [-0.2, 0) is 16.1 Å². The van der Waals surface area contributed by atoms with Gasteiger partial charge in [0.15, 0.2) is 0 Å². The molecular formula is C19H19NO2. The molecule has 2 aromatic rings. The Morgan fingerprint density at radius 2 is 1.64 bits per heavy atom. The highest BCUT2D eigenvalue weighted by molar-refractivity contribution is 5.89. The van der Waals surface area contributed by atoms with Gasteiger partial charge in [-0.05, 0) is 5.56 Å². The fourth-order valence-corrected chi connectivity index (χ4v) is 2.57. The topological polar surface area (TPSA) is 29.5 Å². The molecule has 3 heteroatoms. The Morgan fingerprint density at radius 1 is 1.00 bits per heavy atom. The van der Waals surface area contributed by atoms with Crippen LogP contribution in [0.2, 0.25) is 0 Å². The second-order valence-corrected chi connectivity index (χ2v) is 5.30. The Labute approximate surface area is 130 Å². The van der Waals surface area contributed by atoms with Crippen molar-refractivity contribution in [1.82, 2.24) is 4.90 Å². The van der Waals surface area contributed by atoms with Crippen molar-refractivity contribution in [2.45, 2.75) is 26.1 Å². The van der Waals surface area contributed by atoms with E-state index in [2.05, 4.69) is 0 Å². The summed E-state index contributed by atoms with van der Waals surface area (Å²) in [6.07, 6.45) is 1.95. The van der Waals surface area contributed by atoms with Gasteiger partial charge in [-0.1, -0.05) is 67.6 Å². The van der Waals surface area contributed by atoms with E-state index in [9.17, 15) is 4.79 Å². The standard InChI is InChI=1S/C19H19NO2/c1-2-17-13-18(21)20(14-15-9-5-3-6-10-15)19(22-17)16-11-7-4-8-12-16/h3-13,19H,2,14H2,1H3. The van der Waals surface area contributed by atoms with Crippen molar-refractivity contribution in [1.29, 1.82) is 0 Å². The summed E-state index contributed by atoms with van der Waals surface area (Å²) in [5.41, 5.74) is 2.08. The Hall–Kier alpha value is -2.55. The highest BCUT2D eigenvalue weighted by atomic mass is 16.5. The third-order valence-electron chi connectivity index (χ3n) is 3.74. The van der Waals surface area contributed by atoms with Crippen LogP contribution in [0.4, 0.5) is 0 Å². The van der Waals surface area contributed by atoms with E-state index < -0.39 is 0 Å². The molecule has 0 bridgehead atoms. The van der Waals surface area contributed by atoms with E-state index in [1.807, 2.05) is 67.6 Å². The summed E-state index contributed by atoms with van der Waals surface area (Å²) in [6, 6.07) is 19.9. The average Bonchev–Trinajstić information content (AvgIpc) is 2.58. The second-order valence-electron chi connectivity index (χ2n) is 5.30. The van der Waals surface area contributed by atoms with E-state index >= 15 is 0 Å². The van der Waals surface area contributed by atoms with Gasteiger partial charge in [-0.3, -0.25) is 9.69 Å². The fourth-order valence-electron chi connectivity index (χ4n) is 2.57. The van der Waals surface area contributed by atoms with Crippen molar-refractivity contribution in [2.24, 2.45) is 0 Å². The average molecular weight is 293 g/mol. The molecule has 0 N–H and O–H groups in total. The number of carbonyl (C=O) groups excluding carboxylic acids is 1. The van der Waals surface area contributed by atoms with Crippen molar-refractivity contribution >= 4 is 5.91 Å². The molecule has 0 saturated carbocycles. The zero-order valence-corrected chi connectivity index (χ0v) is 12.6. The highest BCUT2D eigenvalue weighted by Gasteiger charge is 2.30. The van der Waals surface area contributed by atoms with Crippen LogP contribution in [-0.4, -0.2) is 10.8 Å². The maximum Gasteiger partial charge on any atom is 0.253 e. The van der Waals surface area contributed by atoms with E-state index in [4.69, 9.17) is 4.74 Å². The lowest BCUT2D eigenvalue weighted by Gasteiger charge is -2.35. The third-order valence-corrected chi connectivity index (χ3v) is 3.74. The van der Waals surface area contributed by atoms with Crippen molar-refractivity contribution in [3.63, 3.8) is 0 Å². The zero-order chi connectivity index (χ0) is 15.4. The molecule has 0 aliphatic carbocycles. The van der Waals surface area contributed by atoms with Crippen LogP contribution >= 0.6 is 0 Å². The SMILES string of the molecule is CCC1=CC(=O)N(Cc2ccccc2)C(c2ccccc2)O1. The van der Waals surface area contributed by atoms with Crippen LogP contribution in [0.1, 0.15) is 30.7 Å². The number of hydrogen-bond donors (Lipinski definition) is 0. The number of benzene rings is 2. The quantitative estimate of drug-likeness (QED) is 0.851. The molecule has 1 heterocycles. The first-order valence-electron chi connectivity index (χ1n) is 7.54. The number of nitrogens with zero attached hydrogens (tertiary/aromatic N) is 1. The van der Waals surface area contributed by atoms with Crippen molar-refractivity contribution < 1.29 is 9.53 Å². The molecule has 1 unspecified atom stereocenters.